The Kier molecular flexibility index (Phi) is 4.71. The van der Waals surface area contributed by atoms with Gasteiger partial charge in [-0.05, 0) is 44.0 Å². The summed E-state index contributed by atoms with van der Waals surface area (Å²) in [4.78, 5) is 14.6. The molecule has 1 N–H and O–H groups in total. The van der Waals surface area contributed by atoms with E-state index in [9.17, 15) is 9.18 Å². The zero-order chi connectivity index (χ0) is 16.2. The standard InChI is InChI=1S/C17H20FN3O2/c1-2-23-14-4-3-9-21(11-14)17(22)15-10-19-20-16(15)12-5-7-13(18)8-6-12/h5-8,10,14H,2-4,9,11H2,1H3,(H,19,20). The minimum absolute atomic E-state index is 0.0671. The summed E-state index contributed by atoms with van der Waals surface area (Å²) in [7, 11) is 0. The van der Waals surface area contributed by atoms with Crippen molar-refractivity contribution in [1.82, 2.24) is 15.1 Å². The summed E-state index contributed by atoms with van der Waals surface area (Å²) in [5.41, 5.74) is 1.87. The van der Waals surface area contributed by atoms with Crippen LogP contribution in [0, 0.1) is 5.82 Å². The van der Waals surface area contributed by atoms with E-state index in [1.54, 1.807) is 12.1 Å². The molecule has 0 aliphatic carbocycles. The number of nitrogens with one attached hydrogen (secondary N) is 1. The Morgan fingerprint density at radius 2 is 2.22 bits per heavy atom. The van der Waals surface area contributed by atoms with Crippen LogP contribution in [-0.2, 0) is 4.74 Å². The zero-order valence-electron chi connectivity index (χ0n) is 13.1. The van der Waals surface area contributed by atoms with Crippen molar-refractivity contribution in [3.8, 4) is 11.3 Å². The molecule has 1 aliphatic heterocycles. The molecular weight excluding hydrogens is 297 g/mol. The van der Waals surface area contributed by atoms with Gasteiger partial charge in [-0.3, -0.25) is 9.89 Å². The topological polar surface area (TPSA) is 58.2 Å². The van der Waals surface area contributed by atoms with E-state index in [0.717, 1.165) is 24.9 Å². The number of carbonyl (C=O) groups is 1. The van der Waals surface area contributed by atoms with E-state index >= 15 is 0 Å². The van der Waals surface area contributed by atoms with Gasteiger partial charge in [0.05, 0.1) is 23.6 Å². The van der Waals surface area contributed by atoms with Crippen LogP contribution in [0.1, 0.15) is 30.1 Å². The van der Waals surface area contributed by atoms with E-state index in [0.29, 0.717) is 24.4 Å². The number of hydrogen-bond donors (Lipinski definition) is 1. The first kappa shape index (κ1) is 15.7. The van der Waals surface area contributed by atoms with Crippen molar-refractivity contribution in [2.24, 2.45) is 0 Å². The molecular formula is C17H20FN3O2. The van der Waals surface area contributed by atoms with Gasteiger partial charge in [-0.25, -0.2) is 4.39 Å². The van der Waals surface area contributed by atoms with Crippen LogP contribution < -0.4 is 0 Å². The number of amides is 1. The van der Waals surface area contributed by atoms with Gasteiger partial charge in [0.2, 0.25) is 0 Å². The van der Waals surface area contributed by atoms with Crippen molar-refractivity contribution in [2.75, 3.05) is 19.7 Å². The molecule has 1 aromatic heterocycles. The van der Waals surface area contributed by atoms with Crippen LogP contribution in [0.5, 0.6) is 0 Å². The fraction of sp³-hybridized carbons (Fsp3) is 0.412. The van der Waals surface area contributed by atoms with Gasteiger partial charge in [-0.2, -0.15) is 5.10 Å². The summed E-state index contributed by atoms with van der Waals surface area (Å²) in [5, 5.41) is 6.84. The van der Waals surface area contributed by atoms with Crippen LogP contribution in [0.25, 0.3) is 11.3 Å². The fourth-order valence-corrected chi connectivity index (χ4v) is 2.95. The first-order valence-electron chi connectivity index (χ1n) is 7.89. The second-order valence-corrected chi connectivity index (χ2v) is 5.64. The molecule has 2 heterocycles. The van der Waals surface area contributed by atoms with Crippen molar-refractivity contribution in [3.63, 3.8) is 0 Å². The van der Waals surface area contributed by atoms with E-state index in [1.807, 2.05) is 11.8 Å². The monoisotopic (exact) mass is 317 g/mol. The number of nitrogens with zero attached hydrogens (tertiary/aromatic N) is 2. The number of hydrogen-bond acceptors (Lipinski definition) is 3. The zero-order valence-corrected chi connectivity index (χ0v) is 13.1. The summed E-state index contributed by atoms with van der Waals surface area (Å²) in [5.74, 6) is -0.376. The number of carbonyl (C=O) groups excluding carboxylic acids is 1. The van der Waals surface area contributed by atoms with Gasteiger partial charge < -0.3 is 9.64 Å². The van der Waals surface area contributed by atoms with Crippen LogP contribution in [0.4, 0.5) is 4.39 Å². The number of aromatic nitrogens is 2. The number of piperidine rings is 1. The van der Waals surface area contributed by atoms with E-state index in [4.69, 9.17) is 4.74 Å². The van der Waals surface area contributed by atoms with Gasteiger partial charge in [0.1, 0.15) is 5.82 Å². The predicted octanol–water partition coefficient (Wildman–Crippen LogP) is 2.86. The summed E-state index contributed by atoms with van der Waals surface area (Å²) in [6.07, 6.45) is 3.54. The molecule has 3 rings (SSSR count). The molecule has 2 aromatic rings. The van der Waals surface area contributed by atoms with Crippen molar-refractivity contribution in [1.29, 1.82) is 0 Å². The minimum atomic E-state index is -0.309. The average Bonchev–Trinajstić information content (AvgIpc) is 3.05. The molecule has 1 amide bonds. The second-order valence-electron chi connectivity index (χ2n) is 5.64. The first-order valence-corrected chi connectivity index (χ1v) is 7.89. The average molecular weight is 317 g/mol. The Morgan fingerprint density at radius 1 is 1.43 bits per heavy atom. The molecule has 1 fully saturated rings. The summed E-state index contributed by atoms with van der Waals surface area (Å²) in [6, 6.07) is 6.02. The highest BCUT2D eigenvalue weighted by Crippen LogP contribution is 2.24. The third-order valence-electron chi connectivity index (χ3n) is 4.07. The Bertz CT molecular complexity index is 667. The molecule has 122 valence electrons. The van der Waals surface area contributed by atoms with Gasteiger partial charge in [-0.1, -0.05) is 0 Å². The van der Waals surface area contributed by atoms with Crippen molar-refractivity contribution in [3.05, 3.63) is 41.8 Å². The molecule has 1 aliphatic rings. The lowest BCUT2D eigenvalue weighted by molar-refractivity contribution is 0.00727. The Balaban J connectivity index is 1.80. The number of halogens is 1. The summed E-state index contributed by atoms with van der Waals surface area (Å²) < 4.78 is 18.7. The fourth-order valence-electron chi connectivity index (χ4n) is 2.95. The van der Waals surface area contributed by atoms with Gasteiger partial charge in [-0.15, -0.1) is 0 Å². The molecule has 23 heavy (non-hydrogen) atoms. The van der Waals surface area contributed by atoms with Crippen LogP contribution in [0.15, 0.2) is 30.5 Å². The highest BCUT2D eigenvalue weighted by Gasteiger charge is 2.27. The molecule has 0 bridgehead atoms. The molecule has 6 heteroatoms. The molecule has 0 spiro atoms. The van der Waals surface area contributed by atoms with Gasteiger partial charge in [0.15, 0.2) is 0 Å². The van der Waals surface area contributed by atoms with Crippen LogP contribution in [0.3, 0.4) is 0 Å². The van der Waals surface area contributed by atoms with Crippen molar-refractivity contribution >= 4 is 5.91 Å². The summed E-state index contributed by atoms with van der Waals surface area (Å²) in [6.45, 7) is 3.93. The van der Waals surface area contributed by atoms with Gasteiger partial charge >= 0.3 is 0 Å². The van der Waals surface area contributed by atoms with Gasteiger partial charge in [0, 0.05) is 25.3 Å². The number of likely N-dealkylation sites (tertiary alicyclic amines) is 1. The smallest absolute Gasteiger partial charge is 0.257 e. The lowest BCUT2D eigenvalue weighted by atomic mass is 10.0. The van der Waals surface area contributed by atoms with E-state index in [1.165, 1.54) is 18.3 Å². The molecule has 1 saturated heterocycles. The predicted molar refractivity (Wildman–Crippen MR) is 84.5 cm³/mol. The molecule has 0 radical (unpaired) electrons. The number of aromatic amines is 1. The van der Waals surface area contributed by atoms with E-state index in [2.05, 4.69) is 10.2 Å². The summed E-state index contributed by atoms with van der Waals surface area (Å²) >= 11 is 0. The first-order chi connectivity index (χ1) is 11.2. The Hall–Kier alpha value is -2.21. The maximum absolute atomic E-state index is 13.1. The lowest BCUT2D eigenvalue weighted by Crippen LogP contribution is -2.43. The number of H-pyrrole nitrogens is 1. The maximum Gasteiger partial charge on any atom is 0.257 e. The van der Waals surface area contributed by atoms with Crippen molar-refractivity contribution in [2.45, 2.75) is 25.9 Å². The number of ether oxygens (including phenoxy) is 1. The van der Waals surface area contributed by atoms with E-state index in [-0.39, 0.29) is 17.8 Å². The molecule has 1 atom stereocenters. The number of rotatable bonds is 4. The lowest BCUT2D eigenvalue weighted by Gasteiger charge is -2.32. The largest absolute Gasteiger partial charge is 0.377 e. The minimum Gasteiger partial charge on any atom is -0.377 e. The second kappa shape index (κ2) is 6.91. The Labute approximate surface area is 134 Å². The van der Waals surface area contributed by atoms with Gasteiger partial charge in [0.25, 0.3) is 5.91 Å². The Morgan fingerprint density at radius 3 is 2.96 bits per heavy atom. The third kappa shape index (κ3) is 3.42. The SMILES string of the molecule is CCOC1CCCN(C(=O)c2cn[nH]c2-c2ccc(F)cc2)C1. The molecule has 0 saturated carbocycles. The molecule has 1 unspecified atom stereocenters. The quantitative estimate of drug-likeness (QED) is 0.943. The van der Waals surface area contributed by atoms with Crippen molar-refractivity contribution < 1.29 is 13.9 Å². The maximum atomic E-state index is 13.1. The highest BCUT2D eigenvalue weighted by molar-refractivity contribution is 5.99. The van der Waals surface area contributed by atoms with E-state index < -0.39 is 0 Å². The molecule has 5 nitrogen and oxygen atoms in total. The van der Waals surface area contributed by atoms with Crippen LogP contribution in [0.2, 0.25) is 0 Å². The van der Waals surface area contributed by atoms with Crippen LogP contribution >= 0.6 is 0 Å². The molecule has 1 aromatic carbocycles. The third-order valence-corrected chi connectivity index (χ3v) is 4.07. The van der Waals surface area contributed by atoms with Crippen LogP contribution in [-0.4, -0.2) is 46.8 Å². The number of benzene rings is 1. The highest BCUT2D eigenvalue weighted by atomic mass is 19.1. The normalized spacial score (nSPS) is 18.2.